The first-order chi connectivity index (χ1) is 18.1. The van der Waals surface area contributed by atoms with E-state index in [9.17, 15) is 34.8 Å². The zero-order valence-electron chi connectivity index (χ0n) is 22.8. The van der Waals surface area contributed by atoms with Crippen LogP contribution in [0.4, 0.5) is 5.69 Å². The number of aromatic hydroxyl groups is 1. The quantitative estimate of drug-likeness (QED) is 0.221. The molecule has 0 heterocycles. The van der Waals surface area contributed by atoms with Gasteiger partial charge < -0.3 is 42.1 Å². The molecule has 212 valence electrons. The number of carbonyl (C=O) groups is 3. The van der Waals surface area contributed by atoms with Gasteiger partial charge in [-0.25, -0.2) is 0 Å². The van der Waals surface area contributed by atoms with E-state index in [1.54, 1.807) is 20.2 Å². The summed E-state index contributed by atoms with van der Waals surface area (Å²) in [4.78, 5) is 42.9. The first-order valence-corrected chi connectivity index (χ1v) is 12.8. The van der Waals surface area contributed by atoms with Crippen LogP contribution in [0.3, 0.4) is 0 Å². The van der Waals surface area contributed by atoms with E-state index in [0.717, 1.165) is 0 Å². The summed E-state index contributed by atoms with van der Waals surface area (Å²) in [5.41, 5.74) is 9.22. The highest BCUT2D eigenvalue weighted by molar-refractivity contribution is 6.24. The van der Waals surface area contributed by atoms with Gasteiger partial charge in [0.15, 0.2) is 11.4 Å². The summed E-state index contributed by atoms with van der Waals surface area (Å²) in [6.45, 7) is 2.53. The molecule has 12 heteroatoms. The lowest BCUT2D eigenvalue weighted by molar-refractivity contribution is -0.148. The van der Waals surface area contributed by atoms with Crippen molar-refractivity contribution in [2.75, 3.05) is 39.6 Å². The topological polar surface area (TPSA) is 203 Å². The molecule has 0 spiro atoms. The average molecular weight is 544 g/mol. The maximum absolute atomic E-state index is 14.0. The molecule has 0 radical (unpaired) electrons. The van der Waals surface area contributed by atoms with Crippen molar-refractivity contribution in [3.8, 4) is 5.75 Å². The van der Waals surface area contributed by atoms with Crippen molar-refractivity contribution >= 4 is 23.2 Å². The van der Waals surface area contributed by atoms with E-state index in [1.807, 2.05) is 25.9 Å². The summed E-state index contributed by atoms with van der Waals surface area (Å²) in [5, 5.41) is 48.4. The van der Waals surface area contributed by atoms with Crippen LogP contribution in [0.25, 0.3) is 0 Å². The molecule has 5 unspecified atom stereocenters. The van der Waals surface area contributed by atoms with Crippen LogP contribution in [0.2, 0.25) is 0 Å². The Morgan fingerprint density at radius 3 is 2.38 bits per heavy atom. The third-order valence-electron chi connectivity index (χ3n) is 8.04. The number of carbonyl (C=O) groups excluding carboxylic acids is 3. The lowest BCUT2D eigenvalue weighted by Gasteiger charge is -2.50. The standard InChI is InChI=1S/C27H37N5O7/c1-11(28)9-30-10-13-8-16(31(2)3)14-6-12-7-15-20(32(4)5)23(35)19(26(29)38)25(37)27(15,39)24(36)17(12)22(34)18(14)21(13)33/h8,11-12,15,20,30,33,35-36,39H,6-7,9-10,28H2,1-5H3,(H2,29,38). The summed E-state index contributed by atoms with van der Waals surface area (Å²) < 4.78 is 0. The van der Waals surface area contributed by atoms with Crippen LogP contribution in [-0.2, 0) is 22.6 Å². The van der Waals surface area contributed by atoms with Gasteiger partial charge in [0.1, 0.15) is 22.8 Å². The number of nitrogens with zero attached hydrogens (tertiary/aromatic N) is 2. The fourth-order valence-corrected chi connectivity index (χ4v) is 6.32. The number of phenolic OH excluding ortho intramolecular Hbond substituents is 1. The van der Waals surface area contributed by atoms with Gasteiger partial charge in [0.2, 0.25) is 5.78 Å². The first kappa shape index (κ1) is 28.6. The van der Waals surface area contributed by atoms with Crippen LogP contribution >= 0.6 is 0 Å². The van der Waals surface area contributed by atoms with E-state index in [4.69, 9.17) is 11.5 Å². The van der Waals surface area contributed by atoms with Gasteiger partial charge in [-0.15, -0.1) is 0 Å². The molecule has 0 saturated carbocycles. The van der Waals surface area contributed by atoms with Gasteiger partial charge in [-0.2, -0.15) is 0 Å². The van der Waals surface area contributed by atoms with Crippen molar-refractivity contribution in [3.63, 3.8) is 0 Å². The highest BCUT2D eigenvalue weighted by Crippen LogP contribution is 2.53. The maximum Gasteiger partial charge on any atom is 0.255 e. The number of fused-ring (bicyclic) bond motifs is 3. The maximum atomic E-state index is 14.0. The summed E-state index contributed by atoms with van der Waals surface area (Å²) in [7, 11) is 6.82. The van der Waals surface area contributed by atoms with Crippen LogP contribution in [0.5, 0.6) is 5.75 Å². The molecule has 1 amide bonds. The zero-order valence-corrected chi connectivity index (χ0v) is 22.8. The smallest absolute Gasteiger partial charge is 0.255 e. The van der Waals surface area contributed by atoms with Gasteiger partial charge in [0, 0.05) is 56.0 Å². The zero-order chi connectivity index (χ0) is 29.1. The SMILES string of the molecule is CC(N)CNCc1cc(N(C)C)c2c(c1O)C(=O)C1=C(O)C3(O)C(=O)C(C(N)=O)=C(O)C(N(C)C)C3CC1C2. The number of primary amides is 1. The number of ketones is 2. The molecular weight excluding hydrogens is 506 g/mol. The Labute approximate surface area is 226 Å². The Bertz CT molecular complexity index is 1320. The highest BCUT2D eigenvalue weighted by atomic mass is 16.3. The van der Waals surface area contributed by atoms with Crippen molar-refractivity contribution in [2.24, 2.45) is 23.3 Å². The third kappa shape index (κ3) is 4.27. The van der Waals surface area contributed by atoms with Gasteiger partial charge in [-0.3, -0.25) is 19.3 Å². The minimum atomic E-state index is -2.67. The van der Waals surface area contributed by atoms with Crippen LogP contribution in [0, 0.1) is 11.8 Å². The van der Waals surface area contributed by atoms with E-state index in [-0.39, 0.29) is 42.3 Å². The van der Waals surface area contributed by atoms with E-state index in [0.29, 0.717) is 23.4 Å². The van der Waals surface area contributed by atoms with Crippen LogP contribution < -0.4 is 21.7 Å². The lowest BCUT2D eigenvalue weighted by atomic mass is 9.58. The Morgan fingerprint density at radius 2 is 1.85 bits per heavy atom. The molecule has 12 nitrogen and oxygen atoms in total. The van der Waals surface area contributed by atoms with Gasteiger partial charge in [-0.05, 0) is 51.4 Å². The summed E-state index contributed by atoms with van der Waals surface area (Å²) in [5.74, 6) is -6.66. The number of likely N-dealkylation sites (N-methyl/N-ethyl adjacent to an activating group) is 1. The predicted molar refractivity (Wildman–Crippen MR) is 143 cm³/mol. The lowest BCUT2D eigenvalue weighted by Crippen LogP contribution is -2.63. The second kappa shape index (κ2) is 9.94. The number of amides is 1. The normalized spacial score (nSPS) is 27.3. The second-order valence-electron chi connectivity index (χ2n) is 11.2. The molecular formula is C27H37N5O7. The number of allylic oxidation sites excluding steroid dienone is 1. The van der Waals surface area contributed by atoms with Crippen molar-refractivity contribution in [3.05, 3.63) is 45.4 Å². The number of aliphatic hydroxyl groups is 3. The molecule has 0 fully saturated rings. The Kier molecular flexibility index (Phi) is 7.28. The van der Waals surface area contributed by atoms with Crippen molar-refractivity contribution in [2.45, 2.75) is 44.0 Å². The molecule has 1 aromatic rings. The van der Waals surface area contributed by atoms with E-state index in [1.165, 1.54) is 4.90 Å². The number of aliphatic hydroxyl groups excluding tert-OH is 2. The van der Waals surface area contributed by atoms with Crippen molar-refractivity contribution in [1.82, 2.24) is 10.2 Å². The fourth-order valence-electron chi connectivity index (χ4n) is 6.32. The molecule has 9 N–H and O–H groups in total. The van der Waals surface area contributed by atoms with Crippen LogP contribution in [0.15, 0.2) is 28.7 Å². The number of nitrogens with one attached hydrogen (secondary N) is 1. The van der Waals surface area contributed by atoms with E-state index in [2.05, 4.69) is 5.32 Å². The molecule has 0 saturated heterocycles. The van der Waals surface area contributed by atoms with Gasteiger partial charge in [-0.1, -0.05) is 0 Å². The van der Waals surface area contributed by atoms with E-state index < -0.39 is 58.0 Å². The molecule has 4 rings (SSSR count). The van der Waals surface area contributed by atoms with Crippen LogP contribution in [-0.4, -0.2) is 95.2 Å². The number of anilines is 1. The fraction of sp³-hybridized carbons (Fsp3) is 0.519. The van der Waals surface area contributed by atoms with Crippen molar-refractivity contribution < 1.29 is 34.8 Å². The van der Waals surface area contributed by atoms with Crippen molar-refractivity contribution in [1.29, 1.82) is 0 Å². The third-order valence-corrected chi connectivity index (χ3v) is 8.04. The average Bonchev–Trinajstić information content (AvgIpc) is 2.81. The van der Waals surface area contributed by atoms with Gasteiger partial charge in [0.05, 0.1) is 11.6 Å². The number of benzene rings is 1. The Balaban J connectivity index is 1.91. The second-order valence-corrected chi connectivity index (χ2v) is 11.2. The monoisotopic (exact) mass is 543 g/mol. The number of nitrogens with two attached hydrogens (primary N) is 2. The predicted octanol–water partition coefficient (Wildman–Crippen LogP) is -0.377. The number of phenols is 1. The van der Waals surface area contributed by atoms with Crippen LogP contribution in [0.1, 0.15) is 34.8 Å². The summed E-state index contributed by atoms with van der Waals surface area (Å²) in [6, 6.07) is 0.635. The molecule has 0 aromatic heterocycles. The molecule has 0 bridgehead atoms. The largest absolute Gasteiger partial charge is 0.510 e. The number of rotatable bonds is 7. The highest BCUT2D eigenvalue weighted by Gasteiger charge is 2.63. The number of hydrogen-bond donors (Lipinski definition) is 7. The molecule has 1 aromatic carbocycles. The number of Topliss-reactive ketones (excluding diaryl/α,β-unsaturated/α-hetero) is 2. The summed E-state index contributed by atoms with van der Waals surface area (Å²) in [6.07, 6.45) is 0.264. The Morgan fingerprint density at radius 1 is 1.21 bits per heavy atom. The molecule has 3 aliphatic carbocycles. The molecule has 3 aliphatic rings. The number of hydrogen-bond acceptors (Lipinski definition) is 11. The van der Waals surface area contributed by atoms with Gasteiger partial charge in [0.25, 0.3) is 5.91 Å². The summed E-state index contributed by atoms with van der Waals surface area (Å²) >= 11 is 0. The van der Waals surface area contributed by atoms with Gasteiger partial charge >= 0.3 is 0 Å². The first-order valence-electron chi connectivity index (χ1n) is 12.8. The minimum absolute atomic E-state index is 0.0143. The minimum Gasteiger partial charge on any atom is -0.510 e. The molecule has 5 atom stereocenters. The molecule has 0 aliphatic heterocycles. The van der Waals surface area contributed by atoms with E-state index >= 15 is 0 Å². The Hall–Kier alpha value is -3.45. The molecule has 39 heavy (non-hydrogen) atoms.